The number of carbonyl (C=O) groups is 1. The quantitative estimate of drug-likeness (QED) is 0.365. The van der Waals surface area contributed by atoms with Crippen LogP contribution >= 0.6 is 11.3 Å². The molecule has 218 valence electrons. The Kier molecular flexibility index (Phi) is 9.42. The lowest BCUT2D eigenvalue weighted by molar-refractivity contribution is -0.0552. The third-order valence-corrected chi connectivity index (χ3v) is 8.76. The summed E-state index contributed by atoms with van der Waals surface area (Å²) >= 11 is 1.65. The van der Waals surface area contributed by atoms with Crippen LogP contribution in [0.25, 0.3) is 5.70 Å². The molecule has 3 aliphatic rings. The number of hydrogen-bond acceptors (Lipinski definition) is 9. The van der Waals surface area contributed by atoms with Crippen molar-refractivity contribution in [3.63, 3.8) is 0 Å². The summed E-state index contributed by atoms with van der Waals surface area (Å²) in [6.45, 7) is 10.1. The molecule has 5 rings (SSSR count). The SMILES string of the molecule is COCCNC(=O)c1cc(CN2CCOCC2(C)C)ccc1NC(=C1CC1)c1csc(N(C)C[C@H]2CCCO2)n1. The molecule has 2 aliphatic heterocycles. The first-order valence-electron chi connectivity index (χ1n) is 14.3. The number of anilines is 2. The van der Waals surface area contributed by atoms with E-state index < -0.39 is 0 Å². The van der Waals surface area contributed by atoms with Gasteiger partial charge in [0.2, 0.25) is 0 Å². The van der Waals surface area contributed by atoms with Gasteiger partial charge in [0.25, 0.3) is 5.91 Å². The fourth-order valence-electron chi connectivity index (χ4n) is 5.26. The van der Waals surface area contributed by atoms with Crippen molar-refractivity contribution in [3.8, 4) is 0 Å². The Morgan fingerprint density at radius 3 is 2.88 bits per heavy atom. The zero-order valence-corrected chi connectivity index (χ0v) is 25.1. The summed E-state index contributed by atoms with van der Waals surface area (Å²) in [6, 6.07) is 6.18. The summed E-state index contributed by atoms with van der Waals surface area (Å²) < 4.78 is 16.7. The molecule has 1 aromatic carbocycles. The Labute approximate surface area is 241 Å². The van der Waals surface area contributed by atoms with E-state index in [1.807, 2.05) is 12.1 Å². The van der Waals surface area contributed by atoms with Crippen molar-refractivity contribution >= 4 is 33.8 Å². The third-order valence-electron chi connectivity index (χ3n) is 7.80. The lowest BCUT2D eigenvalue weighted by Gasteiger charge is -2.42. The minimum Gasteiger partial charge on any atom is -0.383 e. The molecule has 1 aliphatic carbocycles. The van der Waals surface area contributed by atoms with Gasteiger partial charge in [-0.25, -0.2) is 4.98 Å². The second kappa shape index (κ2) is 13.0. The molecule has 3 heterocycles. The number of aromatic nitrogens is 1. The number of rotatable bonds is 12. The molecule has 2 saturated heterocycles. The average molecular weight is 570 g/mol. The maximum Gasteiger partial charge on any atom is 0.253 e. The van der Waals surface area contributed by atoms with Crippen molar-refractivity contribution in [3.05, 3.63) is 46.0 Å². The number of benzene rings is 1. The summed E-state index contributed by atoms with van der Waals surface area (Å²) in [5.41, 5.74) is 5.74. The maximum absolute atomic E-state index is 13.4. The second-order valence-electron chi connectivity index (χ2n) is 11.5. The molecular formula is C30H43N5O4S. The van der Waals surface area contributed by atoms with E-state index in [-0.39, 0.29) is 17.6 Å². The number of likely N-dealkylation sites (N-methyl/N-ethyl adjacent to an activating group) is 1. The fourth-order valence-corrected chi connectivity index (χ4v) is 6.05. The van der Waals surface area contributed by atoms with Crippen molar-refractivity contribution in [2.75, 3.05) is 70.4 Å². The third kappa shape index (κ3) is 7.22. The van der Waals surface area contributed by atoms with E-state index in [0.29, 0.717) is 25.3 Å². The highest BCUT2D eigenvalue weighted by atomic mass is 32.1. The molecule has 1 saturated carbocycles. The zero-order chi connectivity index (χ0) is 28.1. The summed E-state index contributed by atoms with van der Waals surface area (Å²) in [7, 11) is 3.72. The van der Waals surface area contributed by atoms with Crippen LogP contribution in [0.1, 0.15) is 61.1 Å². The lowest BCUT2D eigenvalue weighted by atomic mass is 10.00. The molecule has 40 heavy (non-hydrogen) atoms. The van der Waals surface area contributed by atoms with Gasteiger partial charge < -0.3 is 29.7 Å². The molecule has 10 heteroatoms. The van der Waals surface area contributed by atoms with Crippen LogP contribution in [0.4, 0.5) is 10.8 Å². The van der Waals surface area contributed by atoms with Crippen molar-refractivity contribution in [2.24, 2.45) is 0 Å². The van der Waals surface area contributed by atoms with Gasteiger partial charge in [0.1, 0.15) is 0 Å². The molecule has 0 unspecified atom stereocenters. The van der Waals surface area contributed by atoms with E-state index in [4.69, 9.17) is 19.2 Å². The second-order valence-corrected chi connectivity index (χ2v) is 12.4. The van der Waals surface area contributed by atoms with Crippen LogP contribution in [0.3, 0.4) is 0 Å². The normalized spacial score (nSPS) is 20.4. The number of nitrogens with zero attached hydrogens (tertiary/aromatic N) is 3. The van der Waals surface area contributed by atoms with Gasteiger partial charge in [0, 0.05) is 57.9 Å². The van der Waals surface area contributed by atoms with Crippen LogP contribution in [-0.2, 0) is 20.8 Å². The molecule has 2 N–H and O–H groups in total. The molecule has 1 atom stereocenters. The zero-order valence-electron chi connectivity index (χ0n) is 24.3. The Morgan fingerprint density at radius 1 is 1.30 bits per heavy atom. The van der Waals surface area contributed by atoms with E-state index in [9.17, 15) is 4.79 Å². The van der Waals surface area contributed by atoms with E-state index in [2.05, 4.69) is 52.8 Å². The Balaban J connectivity index is 1.37. The van der Waals surface area contributed by atoms with Crippen LogP contribution in [-0.4, -0.2) is 87.7 Å². The Hall–Kier alpha value is -2.50. The van der Waals surface area contributed by atoms with Crippen LogP contribution in [0.5, 0.6) is 0 Å². The monoisotopic (exact) mass is 569 g/mol. The van der Waals surface area contributed by atoms with Crippen molar-refractivity contribution in [1.82, 2.24) is 15.2 Å². The first-order valence-corrected chi connectivity index (χ1v) is 15.2. The van der Waals surface area contributed by atoms with Gasteiger partial charge in [-0.15, -0.1) is 11.3 Å². The number of thiazole rings is 1. The Morgan fingerprint density at radius 2 is 2.15 bits per heavy atom. The van der Waals surface area contributed by atoms with Gasteiger partial charge in [-0.05, 0) is 62.8 Å². The Bertz CT molecular complexity index is 1200. The summed E-state index contributed by atoms with van der Waals surface area (Å²) in [4.78, 5) is 23.0. The maximum atomic E-state index is 13.4. The van der Waals surface area contributed by atoms with Crippen LogP contribution < -0.4 is 15.5 Å². The highest BCUT2D eigenvalue weighted by Gasteiger charge is 2.31. The number of nitrogens with one attached hydrogen (secondary N) is 2. The highest BCUT2D eigenvalue weighted by Crippen LogP contribution is 2.39. The highest BCUT2D eigenvalue weighted by molar-refractivity contribution is 7.13. The molecule has 9 nitrogen and oxygen atoms in total. The molecular weight excluding hydrogens is 526 g/mol. The molecule has 3 fully saturated rings. The van der Waals surface area contributed by atoms with Crippen LogP contribution in [0.15, 0.2) is 29.2 Å². The number of methoxy groups -OCH3 is 1. The summed E-state index contributed by atoms with van der Waals surface area (Å²) in [6.07, 6.45) is 4.60. The summed E-state index contributed by atoms with van der Waals surface area (Å²) in [5, 5.41) is 9.73. The van der Waals surface area contributed by atoms with Gasteiger partial charge in [-0.3, -0.25) is 9.69 Å². The molecule has 1 aromatic heterocycles. The summed E-state index contributed by atoms with van der Waals surface area (Å²) in [5.74, 6) is -0.113. The van der Waals surface area contributed by atoms with Gasteiger partial charge in [0.15, 0.2) is 5.13 Å². The van der Waals surface area contributed by atoms with E-state index in [1.54, 1.807) is 18.4 Å². The largest absolute Gasteiger partial charge is 0.383 e. The molecule has 0 spiro atoms. The smallest absolute Gasteiger partial charge is 0.253 e. The first kappa shape index (κ1) is 29.0. The predicted octanol–water partition coefficient (Wildman–Crippen LogP) is 4.36. The topological polar surface area (TPSA) is 88.2 Å². The number of allylic oxidation sites excluding steroid dienone is 1. The fraction of sp³-hybridized carbons (Fsp3) is 0.600. The number of amides is 1. The molecule has 0 bridgehead atoms. The van der Waals surface area contributed by atoms with Gasteiger partial charge in [-0.2, -0.15) is 0 Å². The lowest BCUT2D eigenvalue weighted by Crippen LogP contribution is -2.52. The van der Waals surface area contributed by atoms with Crippen LogP contribution in [0.2, 0.25) is 0 Å². The van der Waals surface area contributed by atoms with E-state index in [0.717, 1.165) is 86.3 Å². The predicted molar refractivity (Wildman–Crippen MR) is 160 cm³/mol. The standard InChI is InChI=1S/C30H43N5O4S/c1-30(2)20-38-15-12-35(30)17-21-7-10-25(24(16-21)28(36)31-11-14-37-4)32-27(22-8-9-22)26-19-40-29(33-26)34(3)18-23-6-5-13-39-23/h7,10,16,19,23,32H,5-6,8-9,11-15,17-18,20H2,1-4H3,(H,31,36)/t23-/m1/s1. The van der Waals surface area contributed by atoms with Gasteiger partial charge in [0.05, 0.1) is 48.6 Å². The number of carbonyl (C=O) groups excluding carboxylic acids is 1. The van der Waals surface area contributed by atoms with Crippen molar-refractivity contribution in [1.29, 1.82) is 0 Å². The van der Waals surface area contributed by atoms with E-state index in [1.165, 1.54) is 5.57 Å². The molecule has 0 radical (unpaired) electrons. The molecule has 2 aromatic rings. The molecule has 1 amide bonds. The minimum absolute atomic E-state index is 0.0566. The number of hydrogen-bond donors (Lipinski definition) is 2. The number of ether oxygens (including phenoxy) is 3. The van der Waals surface area contributed by atoms with Gasteiger partial charge in [-0.1, -0.05) is 6.07 Å². The first-order chi connectivity index (χ1) is 19.3. The van der Waals surface area contributed by atoms with Crippen molar-refractivity contribution < 1.29 is 19.0 Å². The average Bonchev–Trinajstić information content (AvgIpc) is 3.41. The van der Waals surface area contributed by atoms with Crippen LogP contribution in [0, 0.1) is 0 Å². The van der Waals surface area contributed by atoms with Crippen molar-refractivity contribution in [2.45, 2.75) is 57.7 Å². The number of morpholine rings is 1. The van der Waals surface area contributed by atoms with E-state index >= 15 is 0 Å². The van der Waals surface area contributed by atoms with Gasteiger partial charge >= 0.3 is 0 Å². The minimum atomic E-state index is -0.113.